The molecule has 0 saturated heterocycles. The van der Waals surface area contributed by atoms with E-state index in [1.165, 1.54) is 11.8 Å². The Kier molecular flexibility index (Phi) is 3.83. The lowest BCUT2D eigenvalue weighted by atomic mass is 10.2. The second-order valence-electron chi connectivity index (χ2n) is 3.73. The van der Waals surface area contributed by atoms with Crippen LogP contribution in [0.15, 0.2) is 35.4 Å². The highest BCUT2D eigenvalue weighted by molar-refractivity contribution is 7.99. The number of aromatic nitrogens is 1. The first-order chi connectivity index (χ1) is 8.20. The average molecular weight is 250 g/mol. The van der Waals surface area contributed by atoms with Crippen LogP contribution in [0.3, 0.4) is 0 Å². The van der Waals surface area contributed by atoms with Crippen molar-refractivity contribution >= 4 is 28.4 Å². The Morgan fingerprint density at radius 3 is 2.94 bits per heavy atom. The van der Waals surface area contributed by atoms with Crippen molar-refractivity contribution in [2.75, 3.05) is 18.1 Å². The van der Waals surface area contributed by atoms with Gasteiger partial charge in [-0.2, -0.15) is 0 Å². The number of aliphatic hydroxyl groups excluding tert-OH is 2. The summed E-state index contributed by atoms with van der Waals surface area (Å²) >= 11 is 1.50. The first kappa shape index (κ1) is 12.2. The molecule has 0 aliphatic rings. The van der Waals surface area contributed by atoms with Gasteiger partial charge >= 0.3 is 0 Å². The fraction of sp³-hybridized carbons (Fsp3) is 0.250. The van der Waals surface area contributed by atoms with Crippen LogP contribution in [0.1, 0.15) is 0 Å². The van der Waals surface area contributed by atoms with Gasteiger partial charge < -0.3 is 15.9 Å². The lowest BCUT2D eigenvalue weighted by molar-refractivity contribution is 0.113. The molecule has 1 aromatic carbocycles. The summed E-state index contributed by atoms with van der Waals surface area (Å²) in [6, 6.07) is 7.47. The highest BCUT2D eigenvalue weighted by Gasteiger charge is 2.06. The van der Waals surface area contributed by atoms with Crippen LogP contribution in [-0.2, 0) is 0 Å². The highest BCUT2D eigenvalue weighted by atomic mass is 32.2. The summed E-state index contributed by atoms with van der Waals surface area (Å²) in [6.45, 7) is -0.219. The number of thioether (sulfide) groups is 1. The van der Waals surface area contributed by atoms with Crippen LogP contribution in [0.5, 0.6) is 0 Å². The van der Waals surface area contributed by atoms with Crippen LogP contribution in [0.2, 0.25) is 0 Å². The Balaban J connectivity index is 2.28. The van der Waals surface area contributed by atoms with E-state index in [1.54, 1.807) is 6.20 Å². The smallest absolute Gasteiger partial charge is 0.0864 e. The summed E-state index contributed by atoms with van der Waals surface area (Å²) in [6.07, 6.45) is 1.02. The molecule has 1 unspecified atom stereocenters. The molecule has 0 bridgehead atoms. The zero-order valence-electron chi connectivity index (χ0n) is 9.21. The monoisotopic (exact) mass is 250 g/mol. The number of nitrogens with two attached hydrogens (primary N) is 1. The van der Waals surface area contributed by atoms with Gasteiger partial charge in [0.05, 0.1) is 18.2 Å². The second kappa shape index (κ2) is 5.35. The Bertz CT molecular complexity index is 519. The maximum atomic E-state index is 9.33. The number of hydrogen-bond donors (Lipinski definition) is 3. The van der Waals surface area contributed by atoms with Gasteiger partial charge in [-0.3, -0.25) is 4.98 Å². The normalized spacial score (nSPS) is 12.8. The molecule has 0 saturated carbocycles. The summed E-state index contributed by atoms with van der Waals surface area (Å²) < 4.78 is 0. The molecule has 0 radical (unpaired) electrons. The van der Waals surface area contributed by atoms with Gasteiger partial charge in [-0.05, 0) is 24.3 Å². The summed E-state index contributed by atoms with van der Waals surface area (Å²) in [4.78, 5) is 5.27. The molecule has 0 amide bonds. The van der Waals surface area contributed by atoms with E-state index in [4.69, 9.17) is 10.8 Å². The first-order valence-corrected chi connectivity index (χ1v) is 6.25. The lowest BCUT2D eigenvalue weighted by Gasteiger charge is -2.09. The van der Waals surface area contributed by atoms with E-state index >= 15 is 0 Å². The minimum absolute atomic E-state index is 0.219. The maximum Gasteiger partial charge on any atom is 0.0864 e. The third-order valence-corrected chi connectivity index (χ3v) is 3.59. The summed E-state index contributed by atoms with van der Waals surface area (Å²) in [7, 11) is 0. The Labute approximate surface area is 103 Å². The average Bonchev–Trinajstić information content (AvgIpc) is 2.35. The standard InChI is InChI=1S/C12H14N2O2S/c13-8-1-2-10-11(5-8)14-4-3-12(10)17-7-9(16)6-15/h1-5,9,15-16H,6-7,13H2. The minimum atomic E-state index is -0.697. The van der Waals surface area contributed by atoms with Crippen molar-refractivity contribution in [1.82, 2.24) is 4.98 Å². The molecular weight excluding hydrogens is 236 g/mol. The zero-order chi connectivity index (χ0) is 12.3. The Morgan fingerprint density at radius 1 is 1.35 bits per heavy atom. The number of pyridine rings is 1. The largest absolute Gasteiger partial charge is 0.399 e. The van der Waals surface area contributed by atoms with E-state index in [-0.39, 0.29) is 6.61 Å². The van der Waals surface area contributed by atoms with Crippen molar-refractivity contribution < 1.29 is 10.2 Å². The van der Waals surface area contributed by atoms with E-state index in [2.05, 4.69) is 4.98 Å². The van der Waals surface area contributed by atoms with Gasteiger partial charge in [-0.25, -0.2) is 0 Å². The van der Waals surface area contributed by atoms with E-state index in [0.717, 1.165) is 15.8 Å². The third kappa shape index (κ3) is 2.88. The number of rotatable bonds is 4. The molecule has 17 heavy (non-hydrogen) atoms. The first-order valence-electron chi connectivity index (χ1n) is 5.26. The third-order valence-electron chi connectivity index (χ3n) is 2.37. The van der Waals surface area contributed by atoms with Gasteiger partial charge in [-0.15, -0.1) is 11.8 Å². The molecule has 5 heteroatoms. The van der Waals surface area contributed by atoms with Crippen LogP contribution in [-0.4, -0.2) is 33.7 Å². The molecule has 1 heterocycles. The molecule has 1 atom stereocenters. The highest BCUT2D eigenvalue weighted by Crippen LogP contribution is 2.28. The number of nitrogens with zero attached hydrogens (tertiary/aromatic N) is 1. The molecule has 0 aliphatic heterocycles. The molecule has 90 valence electrons. The summed E-state index contributed by atoms with van der Waals surface area (Å²) in [5, 5.41) is 19.1. The minimum Gasteiger partial charge on any atom is -0.399 e. The van der Waals surface area contributed by atoms with Crippen molar-refractivity contribution in [3.05, 3.63) is 30.5 Å². The van der Waals surface area contributed by atoms with Crippen LogP contribution in [0, 0.1) is 0 Å². The maximum absolute atomic E-state index is 9.33. The fourth-order valence-corrected chi connectivity index (χ4v) is 2.47. The number of benzene rings is 1. The van der Waals surface area contributed by atoms with Crippen molar-refractivity contribution in [1.29, 1.82) is 0 Å². The Hall–Kier alpha value is -1.30. The summed E-state index contributed by atoms with van der Waals surface area (Å²) in [5.41, 5.74) is 7.22. The summed E-state index contributed by atoms with van der Waals surface area (Å²) in [5.74, 6) is 0.458. The molecule has 2 rings (SSSR count). The van der Waals surface area contributed by atoms with Gasteiger partial charge in [0.1, 0.15) is 0 Å². The van der Waals surface area contributed by atoms with Gasteiger partial charge in [0.2, 0.25) is 0 Å². The quantitative estimate of drug-likeness (QED) is 0.562. The molecular formula is C12H14N2O2S. The van der Waals surface area contributed by atoms with Crippen LogP contribution < -0.4 is 5.73 Å². The number of fused-ring (bicyclic) bond motifs is 1. The number of nitrogen functional groups attached to an aromatic ring is 1. The fourth-order valence-electron chi connectivity index (χ4n) is 1.50. The molecule has 0 aliphatic carbocycles. The van der Waals surface area contributed by atoms with Gasteiger partial charge in [0.25, 0.3) is 0 Å². The molecule has 4 N–H and O–H groups in total. The van der Waals surface area contributed by atoms with Crippen molar-refractivity contribution in [3.8, 4) is 0 Å². The van der Waals surface area contributed by atoms with E-state index in [9.17, 15) is 5.11 Å². The van der Waals surface area contributed by atoms with E-state index in [1.807, 2.05) is 24.3 Å². The lowest BCUT2D eigenvalue weighted by Crippen LogP contribution is -2.14. The van der Waals surface area contributed by atoms with Gasteiger partial charge in [-0.1, -0.05) is 0 Å². The molecule has 4 nitrogen and oxygen atoms in total. The predicted octanol–water partition coefficient (Wildman–Crippen LogP) is 1.26. The molecule has 0 fully saturated rings. The van der Waals surface area contributed by atoms with E-state index < -0.39 is 6.10 Å². The molecule has 0 spiro atoms. The number of hydrogen-bond acceptors (Lipinski definition) is 5. The zero-order valence-corrected chi connectivity index (χ0v) is 10.0. The molecule has 2 aromatic rings. The number of aliphatic hydroxyl groups is 2. The topological polar surface area (TPSA) is 79.4 Å². The van der Waals surface area contributed by atoms with Crippen molar-refractivity contribution in [2.45, 2.75) is 11.0 Å². The molecule has 1 aromatic heterocycles. The Morgan fingerprint density at radius 2 is 2.18 bits per heavy atom. The second-order valence-corrected chi connectivity index (χ2v) is 4.79. The van der Waals surface area contributed by atoms with E-state index in [0.29, 0.717) is 11.4 Å². The van der Waals surface area contributed by atoms with Crippen LogP contribution >= 0.6 is 11.8 Å². The SMILES string of the molecule is Nc1ccc2c(SCC(O)CO)ccnc2c1. The van der Waals surface area contributed by atoms with Crippen molar-refractivity contribution in [2.24, 2.45) is 0 Å². The predicted molar refractivity (Wildman–Crippen MR) is 70.0 cm³/mol. The van der Waals surface area contributed by atoms with Crippen LogP contribution in [0.4, 0.5) is 5.69 Å². The van der Waals surface area contributed by atoms with Crippen molar-refractivity contribution in [3.63, 3.8) is 0 Å². The van der Waals surface area contributed by atoms with Gasteiger partial charge in [0, 0.05) is 27.9 Å². The number of anilines is 1. The van der Waals surface area contributed by atoms with Gasteiger partial charge in [0.15, 0.2) is 0 Å². The van der Waals surface area contributed by atoms with Crippen LogP contribution in [0.25, 0.3) is 10.9 Å².